The molecular weight excluding hydrogens is 453 g/mol. The smallest absolute Gasteiger partial charge is 0.356 e. The summed E-state index contributed by atoms with van der Waals surface area (Å²) in [5, 5.41) is 52.6. The molecule has 0 aliphatic carbocycles. The molecule has 0 aromatic carbocycles. The van der Waals surface area contributed by atoms with Crippen LogP contribution in [-0.4, -0.2) is 60.6 Å². The van der Waals surface area contributed by atoms with E-state index in [2.05, 4.69) is 45.8 Å². The second-order valence-corrected chi connectivity index (χ2v) is 10.2. The number of aliphatic hydroxyl groups is 5. The quantitative estimate of drug-likeness (QED) is 0.186. The maximum atomic E-state index is 12.4. The van der Waals surface area contributed by atoms with Crippen molar-refractivity contribution >= 4 is 23.5 Å². The van der Waals surface area contributed by atoms with Crippen LogP contribution in [0.15, 0.2) is 0 Å². The Morgan fingerprint density at radius 2 is 1.00 bits per heavy atom. The Hall–Kier alpha value is 0.0900. The number of fused-ring (bicyclic) bond motifs is 2. The van der Waals surface area contributed by atoms with Crippen LogP contribution in [-0.2, 0) is 59.4 Å². The molecule has 0 radical (unpaired) electrons. The first-order valence-corrected chi connectivity index (χ1v) is 10.9. The van der Waals surface area contributed by atoms with Gasteiger partial charge in [0.05, 0.1) is 0 Å². The molecule has 5 atom stereocenters. The van der Waals surface area contributed by atoms with Crippen LogP contribution in [0.3, 0.4) is 0 Å². The first-order valence-electron chi connectivity index (χ1n) is 6.56. The van der Waals surface area contributed by atoms with Crippen LogP contribution in [0.4, 0.5) is 0 Å². The molecule has 0 aromatic rings. The molecule has 27 heavy (non-hydrogen) atoms. The summed E-state index contributed by atoms with van der Waals surface area (Å²) in [6.45, 7) is 0. The summed E-state index contributed by atoms with van der Waals surface area (Å²) in [6, 6.07) is 0. The number of rotatable bonds is 0. The van der Waals surface area contributed by atoms with E-state index < -0.39 is 58.6 Å². The first-order chi connectivity index (χ1) is 12.1. The summed E-state index contributed by atoms with van der Waals surface area (Å²) in [7, 11) is -14.8. The highest BCUT2D eigenvalue weighted by Crippen LogP contribution is 2.87. The molecule has 0 amide bonds. The topological polar surface area (TPSA) is 245 Å². The van der Waals surface area contributed by atoms with E-state index in [0.29, 0.717) is 0 Å². The Morgan fingerprint density at radius 3 is 1.52 bits per heavy atom. The molecule has 6 bridgehead atoms. The highest BCUT2D eigenvalue weighted by Gasteiger charge is 3.03. The lowest BCUT2D eigenvalue weighted by atomic mass is 9.86. The summed E-state index contributed by atoms with van der Waals surface area (Å²) < 4.78 is 76.2. The molecule has 0 aromatic heterocycles. The third kappa shape index (κ3) is 1.51. The SMILES string of the molecule is O=P12OO[C@@]3(OP4(=O)OC3(O)O4)[C@]3(O)OP4(=O)O[C@@]3(O)[C@](O)(O4)C(O)(O1)O2. The minimum absolute atomic E-state index is 3.43. The van der Waals surface area contributed by atoms with E-state index in [-0.39, 0.29) is 0 Å². The minimum atomic E-state index is -5.22. The van der Waals surface area contributed by atoms with Gasteiger partial charge in [0.2, 0.25) is 0 Å². The molecule has 8 rings (SSSR count). The molecule has 1 spiro atoms. The van der Waals surface area contributed by atoms with Crippen LogP contribution >= 0.6 is 23.5 Å². The van der Waals surface area contributed by atoms with E-state index in [1.807, 2.05) is 0 Å². The summed E-state index contributed by atoms with van der Waals surface area (Å²) in [4.78, 5) is 4.45. The van der Waals surface area contributed by atoms with Gasteiger partial charge in [0, 0.05) is 0 Å². The number of phosphoric acid groups is 3. The van der Waals surface area contributed by atoms with Gasteiger partial charge in [-0.15, -0.1) is 4.67 Å². The molecule has 8 aliphatic rings. The summed E-state index contributed by atoms with van der Waals surface area (Å²) >= 11 is 0. The second kappa shape index (κ2) is 4.00. The van der Waals surface area contributed by atoms with Crippen LogP contribution in [0.25, 0.3) is 0 Å². The van der Waals surface area contributed by atoms with Crippen molar-refractivity contribution in [2.45, 2.75) is 35.1 Å². The summed E-state index contributed by atoms with van der Waals surface area (Å²) in [5.41, 5.74) is 0. The van der Waals surface area contributed by atoms with Crippen LogP contribution in [0.2, 0.25) is 0 Å². The molecule has 8 aliphatic heterocycles. The Balaban J connectivity index is 1.66. The van der Waals surface area contributed by atoms with Crippen molar-refractivity contribution < 1.29 is 85.0 Å². The minimum Gasteiger partial charge on any atom is -0.356 e. The van der Waals surface area contributed by atoms with Gasteiger partial charge in [0.1, 0.15) is 0 Å². The number of hydrogen-bond donors (Lipinski definition) is 5. The summed E-state index contributed by atoms with van der Waals surface area (Å²) in [5.74, 6) is -22.6. The van der Waals surface area contributed by atoms with Gasteiger partial charge in [-0.05, 0) is 0 Å². The van der Waals surface area contributed by atoms with Crippen molar-refractivity contribution in [3.05, 3.63) is 0 Å². The highest BCUT2D eigenvalue weighted by molar-refractivity contribution is 7.50. The van der Waals surface area contributed by atoms with Gasteiger partial charge in [0.15, 0.2) is 0 Å². The fourth-order valence-corrected chi connectivity index (χ4v) is 7.68. The Morgan fingerprint density at radius 1 is 0.519 bits per heavy atom. The number of phosphoric ester groups is 3. The maximum Gasteiger partial charge on any atom is 0.511 e. The molecule has 18 nitrogen and oxygen atoms in total. The van der Waals surface area contributed by atoms with E-state index in [1.54, 1.807) is 0 Å². The van der Waals surface area contributed by atoms with Gasteiger partial charge in [-0.2, -0.15) is 4.89 Å². The van der Waals surface area contributed by atoms with Gasteiger partial charge in [-0.1, -0.05) is 0 Å². The fraction of sp³-hybridized carbons (Fsp3) is 1.00. The molecule has 8 fully saturated rings. The average Bonchev–Trinajstić information content (AvgIpc) is 2.98. The molecule has 5 N–H and O–H groups in total. The van der Waals surface area contributed by atoms with Crippen LogP contribution in [0, 0.1) is 0 Å². The van der Waals surface area contributed by atoms with Crippen molar-refractivity contribution in [2.24, 2.45) is 0 Å². The molecule has 8 saturated heterocycles. The monoisotopic (exact) mass is 458 g/mol. The lowest BCUT2D eigenvalue weighted by Crippen LogP contribution is -2.83. The van der Waals surface area contributed by atoms with Crippen molar-refractivity contribution in [2.75, 3.05) is 0 Å². The second-order valence-electron chi connectivity index (χ2n) is 5.94. The van der Waals surface area contributed by atoms with Gasteiger partial charge in [-0.3, -0.25) is 0 Å². The van der Waals surface area contributed by atoms with Gasteiger partial charge in [0.25, 0.3) is 0 Å². The Kier molecular flexibility index (Phi) is 2.65. The maximum absolute atomic E-state index is 12.4. The third-order valence-electron chi connectivity index (χ3n) is 4.37. The van der Waals surface area contributed by atoms with Gasteiger partial charge >= 0.3 is 58.6 Å². The standard InChI is InChI=1S/C6H5O18P3/c7-1-2(8)4(6(11)22-26(13,19-4)23-6)15-24-27(14)20-5(10,21-27)3(1,9)18-25(12,16-1)17-2/h7-11H/t1-,2-,3+,4-,5?,6?,25?,26?,27?/m1/s1. The molecule has 152 valence electrons. The lowest BCUT2D eigenvalue weighted by molar-refractivity contribution is -0.560. The molecular formula is C6H5O18P3. The largest absolute Gasteiger partial charge is 0.511 e. The molecule has 1 unspecified atom stereocenters. The highest BCUT2D eigenvalue weighted by atomic mass is 31.2. The molecule has 0 saturated carbocycles. The lowest BCUT2D eigenvalue weighted by Gasteiger charge is -2.51. The zero-order valence-electron chi connectivity index (χ0n) is 11.9. The van der Waals surface area contributed by atoms with Crippen LogP contribution < -0.4 is 0 Å². The van der Waals surface area contributed by atoms with E-state index in [0.717, 1.165) is 0 Å². The van der Waals surface area contributed by atoms with E-state index in [9.17, 15) is 39.2 Å². The van der Waals surface area contributed by atoms with Crippen LogP contribution in [0.5, 0.6) is 0 Å². The van der Waals surface area contributed by atoms with E-state index in [4.69, 9.17) is 0 Å². The van der Waals surface area contributed by atoms with Crippen molar-refractivity contribution in [1.29, 1.82) is 0 Å². The van der Waals surface area contributed by atoms with Crippen LogP contribution in [0.1, 0.15) is 0 Å². The predicted octanol–water partition coefficient (Wildman–Crippen LogP) is -2.47. The van der Waals surface area contributed by atoms with Gasteiger partial charge < -0.3 is 25.5 Å². The normalized spacial score (nSPS) is 73.7. The third-order valence-corrected chi connectivity index (χ3v) is 8.45. The Labute approximate surface area is 144 Å². The van der Waals surface area contributed by atoms with Crippen molar-refractivity contribution in [3.8, 4) is 0 Å². The zero-order chi connectivity index (χ0) is 19.6. The van der Waals surface area contributed by atoms with E-state index >= 15 is 0 Å². The number of hydrogen-bond acceptors (Lipinski definition) is 18. The zero-order valence-corrected chi connectivity index (χ0v) is 14.6. The predicted molar refractivity (Wildman–Crippen MR) is 61.1 cm³/mol. The Bertz CT molecular complexity index is 941. The average molecular weight is 458 g/mol. The first kappa shape index (κ1) is 17.9. The van der Waals surface area contributed by atoms with Crippen molar-refractivity contribution in [1.82, 2.24) is 0 Å². The molecule has 21 heteroatoms. The summed E-state index contributed by atoms with van der Waals surface area (Å²) in [6.07, 6.45) is 0. The van der Waals surface area contributed by atoms with Gasteiger partial charge in [-0.25, -0.2) is 49.9 Å². The van der Waals surface area contributed by atoms with Crippen molar-refractivity contribution in [3.63, 3.8) is 0 Å². The molecule has 8 heterocycles. The fourth-order valence-electron chi connectivity index (χ4n) is 3.22. The van der Waals surface area contributed by atoms with E-state index in [1.165, 1.54) is 0 Å².